The molecule has 0 aliphatic rings. The highest BCUT2D eigenvalue weighted by atomic mass is 35.5. The van der Waals surface area contributed by atoms with Crippen LogP contribution in [0.2, 0.25) is 5.02 Å². The van der Waals surface area contributed by atoms with Crippen molar-refractivity contribution in [3.8, 4) is 6.07 Å². The Balaban J connectivity index is 3.03. The lowest BCUT2D eigenvalue weighted by molar-refractivity contribution is 0.571. The number of hydrogen-bond donors (Lipinski definition) is 0. The zero-order valence-electron chi connectivity index (χ0n) is 10.9. The van der Waals surface area contributed by atoms with Gasteiger partial charge in [-0.25, -0.2) is 0 Å². The zero-order chi connectivity index (χ0) is 13.0. The predicted molar refractivity (Wildman–Crippen MR) is 73.5 cm³/mol. The molecule has 17 heavy (non-hydrogen) atoms. The smallest absolute Gasteiger partial charge is 0.101 e. The lowest BCUT2D eigenvalue weighted by atomic mass is 10.1. The van der Waals surface area contributed by atoms with Gasteiger partial charge in [0.2, 0.25) is 0 Å². The van der Waals surface area contributed by atoms with Gasteiger partial charge < -0.3 is 4.90 Å². The first-order valence-corrected chi connectivity index (χ1v) is 6.29. The topological polar surface area (TPSA) is 27.0 Å². The van der Waals surface area contributed by atoms with Crippen molar-refractivity contribution >= 4 is 17.3 Å². The molecule has 0 bridgehead atoms. The molecule has 0 spiro atoms. The highest BCUT2D eigenvalue weighted by molar-refractivity contribution is 6.32. The number of hydrogen-bond acceptors (Lipinski definition) is 2. The first-order valence-electron chi connectivity index (χ1n) is 5.92. The highest BCUT2D eigenvalue weighted by Crippen LogP contribution is 2.25. The Morgan fingerprint density at radius 3 is 2.35 bits per heavy atom. The van der Waals surface area contributed by atoms with Gasteiger partial charge in [-0.05, 0) is 38.0 Å². The monoisotopic (exact) mass is 250 g/mol. The number of nitrogens with zero attached hydrogens (tertiary/aromatic N) is 2. The van der Waals surface area contributed by atoms with E-state index in [4.69, 9.17) is 16.9 Å². The van der Waals surface area contributed by atoms with E-state index in [0.29, 0.717) is 22.5 Å². The summed E-state index contributed by atoms with van der Waals surface area (Å²) in [5.74, 6) is 0.590. The molecule has 0 aromatic heterocycles. The molecule has 0 fully saturated rings. The van der Waals surface area contributed by atoms with E-state index in [1.54, 1.807) is 6.07 Å². The molecule has 3 heteroatoms. The van der Waals surface area contributed by atoms with Crippen LogP contribution < -0.4 is 4.90 Å². The van der Waals surface area contributed by atoms with Gasteiger partial charge in [-0.15, -0.1) is 0 Å². The summed E-state index contributed by atoms with van der Waals surface area (Å²) >= 11 is 6.07. The number of rotatable bonds is 4. The fourth-order valence-electron chi connectivity index (χ4n) is 1.78. The van der Waals surface area contributed by atoms with Crippen molar-refractivity contribution in [1.82, 2.24) is 0 Å². The molecule has 0 unspecified atom stereocenters. The van der Waals surface area contributed by atoms with Crippen molar-refractivity contribution < 1.29 is 0 Å². The van der Waals surface area contributed by atoms with Crippen LogP contribution in [0.5, 0.6) is 0 Å². The summed E-state index contributed by atoms with van der Waals surface area (Å²) in [7, 11) is 0. The molecule has 92 valence electrons. The number of nitriles is 1. The second-order valence-corrected chi connectivity index (χ2v) is 5.32. The molecule has 0 radical (unpaired) electrons. The van der Waals surface area contributed by atoms with Crippen LogP contribution in [0.3, 0.4) is 0 Å². The Morgan fingerprint density at radius 1 is 1.29 bits per heavy atom. The Kier molecular flexibility index (Phi) is 4.84. The second kappa shape index (κ2) is 5.93. The average molecular weight is 251 g/mol. The second-order valence-electron chi connectivity index (χ2n) is 4.92. The van der Waals surface area contributed by atoms with E-state index >= 15 is 0 Å². The van der Waals surface area contributed by atoms with Crippen molar-refractivity contribution in [3.63, 3.8) is 0 Å². The standard InChI is InChI=1S/C14H19ClN2/c1-10(2)9-17(11(3)4)13-6-5-12(8-16)14(15)7-13/h5-7,10-11H,9H2,1-4H3. The fourth-order valence-corrected chi connectivity index (χ4v) is 2.00. The largest absolute Gasteiger partial charge is 0.369 e. The van der Waals surface area contributed by atoms with E-state index in [-0.39, 0.29) is 0 Å². The summed E-state index contributed by atoms with van der Waals surface area (Å²) in [4.78, 5) is 2.30. The van der Waals surface area contributed by atoms with Crippen molar-refractivity contribution in [2.75, 3.05) is 11.4 Å². The summed E-state index contributed by atoms with van der Waals surface area (Å²) in [6.07, 6.45) is 0. The molecule has 2 nitrogen and oxygen atoms in total. The zero-order valence-corrected chi connectivity index (χ0v) is 11.6. The maximum atomic E-state index is 8.85. The first kappa shape index (κ1) is 13.9. The molecule has 0 aliphatic carbocycles. The van der Waals surface area contributed by atoms with Gasteiger partial charge in [-0.3, -0.25) is 0 Å². The first-order chi connectivity index (χ1) is 7.95. The molecule has 0 saturated heterocycles. The summed E-state index contributed by atoms with van der Waals surface area (Å²) in [5, 5.41) is 9.38. The quantitative estimate of drug-likeness (QED) is 0.805. The number of anilines is 1. The fraction of sp³-hybridized carbons (Fsp3) is 0.500. The molecular formula is C14H19ClN2. The maximum absolute atomic E-state index is 8.85. The summed E-state index contributed by atoms with van der Waals surface area (Å²) < 4.78 is 0. The Bertz CT molecular complexity index is 419. The minimum Gasteiger partial charge on any atom is -0.369 e. The molecule has 1 rings (SSSR count). The van der Waals surface area contributed by atoms with Gasteiger partial charge in [0.1, 0.15) is 6.07 Å². The summed E-state index contributed by atoms with van der Waals surface area (Å²) in [6, 6.07) is 8.13. The van der Waals surface area contributed by atoms with Crippen LogP contribution in [0.1, 0.15) is 33.3 Å². The maximum Gasteiger partial charge on any atom is 0.101 e. The van der Waals surface area contributed by atoms with Crippen molar-refractivity contribution in [3.05, 3.63) is 28.8 Å². The average Bonchev–Trinajstić information content (AvgIpc) is 2.25. The molecule has 0 saturated carbocycles. The third-order valence-corrected chi connectivity index (χ3v) is 2.90. The van der Waals surface area contributed by atoms with Gasteiger partial charge in [-0.1, -0.05) is 25.4 Å². The van der Waals surface area contributed by atoms with Crippen molar-refractivity contribution in [2.24, 2.45) is 5.92 Å². The molecule has 0 aliphatic heterocycles. The normalized spacial score (nSPS) is 10.7. The van der Waals surface area contributed by atoms with Gasteiger partial charge in [0.25, 0.3) is 0 Å². The Morgan fingerprint density at radius 2 is 1.94 bits per heavy atom. The van der Waals surface area contributed by atoms with Crippen LogP contribution in [0.25, 0.3) is 0 Å². The van der Waals surface area contributed by atoms with Gasteiger partial charge in [0.05, 0.1) is 10.6 Å². The number of halogens is 1. The van der Waals surface area contributed by atoms with E-state index in [1.165, 1.54) is 0 Å². The van der Waals surface area contributed by atoms with Gasteiger partial charge in [0.15, 0.2) is 0 Å². The van der Waals surface area contributed by atoms with Crippen molar-refractivity contribution in [1.29, 1.82) is 5.26 Å². The molecule has 0 amide bonds. The van der Waals surface area contributed by atoms with Crippen LogP contribution in [-0.2, 0) is 0 Å². The van der Waals surface area contributed by atoms with E-state index in [0.717, 1.165) is 12.2 Å². The molecule has 1 aromatic carbocycles. The summed E-state index contributed by atoms with van der Waals surface area (Å²) in [5.41, 5.74) is 1.61. The lowest BCUT2D eigenvalue weighted by Crippen LogP contribution is -2.34. The summed E-state index contributed by atoms with van der Waals surface area (Å²) in [6.45, 7) is 9.70. The van der Waals surface area contributed by atoms with E-state index in [9.17, 15) is 0 Å². The third kappa shape index (κ3) is 3.64. The van der Waals surface area contributed by atoms with Crippen LogP contribution in [0.15, 0.2) is 18.2 Å². The minimum atomic E-state index is 0.418. The Labute approximate surface area is 109 Å². The predicted octanol–water partition coefficient (Wildman–Crippen LogP) is 4.08. The third-order valence-electron chi connectivity index (χ3n) is 2.59. The van der Waals surface area contributed by atoms with Crippen LogP contribution >= 0.6 is 11.6 Å². The number of benzene rings is 1. The van der Waals surface area contributed by atoms with Crippen LogP contribution in [-0.4, -0.2) is 12.6 Å². The van der Waals surface area contributed by atoms with E-state index in [2.05, 4.69) is 38.7 Å². The molecule has 0 N–H and O–H groups in total. The van der Waals surface area contributed by atoms with Gasteiger partial charge in [-0.2, -0.15) is 5.26 Å². The van der Waals surface area contributed by atoms with Crippen molar-refractivity contribution in [2.45, 2.75) is 33.7 Å². The van der Waals surface area contributed by atoms with Gasteiger partial charge >= 0.3 is 0 Å². The molecule has 0 atom stereocenters. The minimum absolute atomic E-state index is 0.418. The van der Waals surface area contributed by atoms with Gasteiger partial charge in [0, 0.05) is 18.3 Å². The van der Waals surface area contributed by atoms with E-state index < -0.39 is 0 Å². The molecular weight excluding hydrogens is 232 g/mol. The molecule has 0 heterocycles. The molecule has 1 aromatic rings. The van der Waals surface area contributed by atoms with E-state index in [1.807, 2.05) is 12.1 Å². The van der Waals surface area contributed by atoms with Crippen LogP contribution in [0.4, 0.5) is 5.69 Å². The Hall–Kier alpha value is -1.20. The highest BCUT2D eigenvalue weighted by Gasteiger charge is 2.13. The lowest BCUT2D eigenvalue weighted by Gasteiger charge is -2.31. The SMILES string of the molecule is CC(C)CN(c1ccc(C#N)c(Cl)c1)C(C)C. The van der Waals surface area contributed by atoms with Crippen LogP contribution in [0, 0.1) is 17.2 Å².